The Morgan fingerprint density at radius 1 is 1.83 bits per heavy atom. The first kappa shape index (κ1) is 4.69. The number of alkyl halides is 2. The van der Waals surface area contributed by atoms with E-state index >= 15 is 0 Å². The maximum Gasteiger partial charge on any atom is 0.178 e. The molecule has 1 saturated heterocycles. The summed E-state index contributed by atoms with van der Waals surface area (Å²) in [4.78, 5) is 0. The molecule has 1 heterocycles. The molecule has 1 unspecified atom stereocenters. The second-order valence-corrected chi connectivity index (χ2v) is 2.26. The molecule has 1 aliphatic rings. The van der Waals surface area contributed by atoms with E-state index in [9.17, 15) is 0 Å². The van der Waals surface area contributed by atoms with E-state index < -0.39 is 5.06 Å². The zero-order valence-electron chi connectivity index (χ0n) is 3.08. The van der Waals surface area contributed by atoms with Crippen molar-refractivity contribution in [3.63, 3.8) is 0 Å². The van der Waals surface area contributed by atoms with Crippen molar-refractivity contribution in [2.24, 2.45) is 0 Å². The van der Waals surface area contributed by atoms with Crippen molar-refractivity contribution in [2.45, 2.75) is 5.06 Å². The molecule has 6 heavy (non-hydrogen) atoms. The van der Waals surface area contributed by atoms with E-state index in [1.54, 1.807) is 0 Å². The van der Waals surface area contributed by atoms with E-state index in [2.05, 4.69) is 4.74 Å². The van der Waals surface area contributed by atoms with E-state index in [1.807, 2.05) is 0 Å². The standard InChI is InChI=1S/C3H4Cl2O/c4-1-3(5)2-6-3/h1-2H2. The molecule has 1 fully saturated rings. The van der Waals surface area contributed by atoms with E-state index in [4.69, 9.17) is 23.2 Å². The highest BCUT2D eigenvalue weighted by Gasteiger charge is 2.41. The van der Waals surface area contributed by atoms with Crippen LogP contribution in [0, 0.1) is 0 Å². The maximum absolute atomic E-state index is 5.47. The minimum Gasteiger partial charge on any atom is -0.352 e. The van der Waals surface area contributed by atoms with Gasteiger partial charge in [-0.2, -0.15) is 0 Å². The molecule has 1 rings (SSSR count). The summed E-state index contributed by atoms with van der Waals surface area (Å²) in [6.45, 7) is 0.609. The molecule has 0 N–H and O–H groups in total. The Hall–Kier alpha value is 0.540. The molecule has 0 aromatic heterocycles. The van der Waals surface area contributed by atoms with Crippen LogP contribution in [0.5, 0.6) is 0 Å². The molecule has 0 aliphatic carbocycles. The lowest BCUT2D eigenvalue weighted by molar-refractivity contribution is 0.399. The molecular weight excluding hydrogens is 123 g/mol. The van der Waals surface area contributed by atoms with E-state index in [-0.39, 0.29) is 0 Å². The Morgan fingerprint density at radius 2 is 2.33 bits per heavy atom. The summed E-state index contributed by atoms with van der Waals surface area (Å²) >= 11 is 10.8. The minimum absolute atomic E-state index is 0.397. The van der Waals surface area contributed by atoms with Crippen LogP contribution in [0.15, 0.2) is 0 Å². The van der Waals surface area contributed by atoms with Gasteiger partial charge >= 0.3 is 0 Å². The van der Waals surface area contributed by atoms with Crippen molar-refractivity contribution in [2.75, 3.05) is 12.5 Å². The van der Waals surface area contributed by atoms with Gasteiger partial charge in [0.25, 0.3) is 0 Å². The van der Waals surface area contributed by atoms with Crippen LogP contribution in [-0.2, 0) is 4.74 Å². The molecule has 0 aromatic rings. The monoisotopic (exact) mass is 126 g/mol. The van der Waals surface area contributed by atoms with Gasteiger partial charge in [0, 0.05) is 0 Å². The number of ether oxygens (including phenoxy) is 1. The predicted octanol–water partition coefficient (Wildman–Crippen LogP) is 1.19. The average Bonchev–Trinajstić information content (AvgIpc) is 2.22. The molecule has 1 aliphatic heterocycles. The molecule has 1 nitrogen and oxygen atoms in total. The maximum atomic E-state index is 5.47. The van der Waals surface area contributed by atoms with Crippen LogP contribution >= 0.6 is 23.2 Å². The largest absolute Gasteiger partial charge is 0.352 e. The fraction of sp³-hybridized carbons (Fsp3) is 1.00. The van der Waals surface area contributed by atoms with E-state index in [0.29, 0.717) is 12.5 Å². The van der Waals surface area contributed by atoms with Gasteiger partial charge < -0.3 is 4.74 Å². The summed E-state index contributed by atoms with van der Waals surface area (Å²) in [6.07, 6.45) is 0. The third-order valence-electron chi connectivity index (χ3n) is 0.657. The molecule has 36 valence electrons. The molecule has 0 spiro atoms. The first-order valence-corrected chi connectivity index (χ1v) is 2.57. The lowest BCUT2D eigenvalue weighted by atomic mass is 10.6. The Labute approximate surface area is 46.2 Å². The smallest absolute Gasteiger partial charge is 0.178 e. The van der Waals surface area contributed by atoms with E-state index in [1.165, 1.54) is 0 Å². The molecule has 1 atom stereocenters. The number of halogens is 2. The zero-order chi connectivity index (χ0) is 4.62. The van der Waals surface area contributed by atoms with Crippen molar-refractivity contribution < 1.29 is 4.74 Å². The van der Waals surface area contributed by atoms with Gasteiger partial charge in [-0.15, -0.1) is 11.6 Å². The molecule has 0 amide bonds. The topological polar surface area (TPSA) is 12.5 Å². The van der Waals surface area contributed by atoms with Gasteiger partial charge in [0.2, 0.25) is 0 Å². The fourth-order valence-electron chi connectivity index (χ4n) is 0.155. The van der Waals surface area contributed by atoms with Crippen LogP contribution in [0.4, 0.5) is 0 Å². The average molecular weight is 127 g/mol. The predicted molar refractivity (Wildman–Crippen MR) is 25.3 cm³/mol. The van der Waals surface area contributed by atoms with Crippen molar-refractivity contribution in [3.8, 4) is 0 Å². The summed E-state index contributed by atoms with van der Waals surface area (Å²) in [5.41, 5.74) is 0. The van der Waals surface area contributed by atoms with Crippen molar-refractivity contribution in [1.29, 1.82) is 0 Å². The highest BCUT2D eigenvalue weighted by atomic mass is 35.5. The Kier molecular flexibility index (Phi) is 0.981. The van der Waals surface area contributed by atoms with Gasteiger partial charge in [0.05, 0.1) is 12.5 Å². The van der Waals surface area contributed by atoms with Crippen molar-refractivity contribution in [1.82, 2.24) is 0 Å². The molecule has 0 radical (unpaired) electrons. The normalized spacial score (nSPS) is 43.0. The lowest BCUT2D eigenvalue weighted by Crippen LogP contribution is -1.99. The molecule has 0 aromatic carbocycles. The summed E-state index contributed by atoms with van der Waals surface area (Å²) in [7, 11) is 0. The minimum atomic E-state index is -0.471. The zero-order valence-corrected chi connectivity index (χ0v) is 4.59. The van der Waals surface area contributed by atoms with Gasteiger partial charge in [-0.25, -0.2) is 0 Å². The summed E-state index contributed by atoms with van der Waals surface area (Å²) in [5, 5.41) is -0.471. The van der Waals surface area contributed by atoms with Crippen LogP contribution in [0.2, 0.25) is 0 Å². The number of rotatable bonds is 1. The van der Waals surface area contributed by atoms with Crippen molar-refractivity contribution >= 4 is 23.2 Å². The third-order valence-corrected chi connectivity index (χ3v) is 1.58. The van der Waals surface area contributed by atoms with Gasteiger partial charge in [0.15, 0.2) is 5.06 Å². The van der Waals surface area contributed by atoms with Gasteiger partial charge in [-0.1, -0.05) is 11.6 Å². The first-order chi connectivity index (χ1) is 2.77. The highest BCUT2D eigenvalue weighted by Crippen LogP contribution is 2.32. The van der Waals surface area contributed by atoms with E-state index in [0.717, 1.165) is 0 Å². The molecule has 3 heteroatoms. The summed E-state index contributed by atoms with van der Waals surface area (Å²) in [6, 6.07) is 0. The van der Waals surface area contributed by atoms with Gasteiger partial charge in [-0.05, 0) is 0 Å². The lowest BCUT2D eigenvalue weighted by Gasteiger charge is -1.87. The van der Waals surface area contributed by atoms with Gasteiger partial charge in [0.1, 0.15) is 0 Å². The highest BCUT2D eigenvalue weighted by molar-refractivity contribution is 6.31. The van der Waals surface area contributed by atoms with Gasteiger partial charge in [-0.3, -0.25) is 0 Å². The van der Waals surface area contributed by atoms with Crippen LogP contribution < -0.4 is 0 Å². The fourth-order valence-corrected chi connectivity index (χ4v) is 0.364. The number of hydrogen-bond donors (Lipinski definition) is 0. The quantitative estimate of drug-likeness (QED) is 0.380. The van der Waals surface area contributed by atoms with Crippen LogP contribution in [-0.4, -0.2) is 17.5 Å². The number of epoxide rings is 1. The second-order valence-electron chi connectivity index (χ2n) is 1.31. The first-order valence-electron chi connectivity index (χ1n) is 1.66. The number of hydrogen-bond acceptors (Lipinski definition) is 1. The Balaban J connectivity index is 2.28. The molecule has 0 saturated carbocycles. The molecule has 0 bridgehead atoms. The second kappa shape index (κ2) is 1.25. The Morgan fingerprint density at radius 3 is 2.33 bits per heavy atom. The van der Waals surface area contributed by atoms with Crippen molar-refractivity contribution in [3.05, 3.63) is 0 Å². The van der Waals surface area contributed by atoms with Crippen LogP contribution in [0.3, 0.4) is 0 Å². The van der Waals surface area contributed by atoms with Crippen LogP contribution in [0.1, 0.15) is 0 Å². The third kappa shape index (κ3) is 0.780. The summed E-state index contributed by atoms with van der Waals surface area (Å²) in [5.74, 6) is 0.397. The SMILES string of the molecule is ClCC1(Cl)CO1. The molecular formula is C3H4Cl2O. The van der Waals surface area contributed by atoms with Crippen LogP contribution in [0.25, 0.3) is 0 Å². The Bertz CT molecular complexity index is 59.8. The summed E-state index contributed by atoms with van der Waals surface area (Å²) < 4.78 is 4.68.